The lowest BCUT2D eigenvalue weighted by atomic mass is 9.95. The van der Waals surface area contributed by atoms with Crippen molar-refractivity contribution in [2.24, 2.45) is 12.8 Å². The quantitative estimate of drug-likeness (QED) is 0.657. The number of methoxy groups -OCH3 is 2. The smallest absolute Gasteiger partial charge is 0.217 e. The zero-order chi connectivity index (χ0) is 20.4. The average Bonchev–Trinajstić information content (AvgIpc) is 2.93. The topological polar surface area (TPSA) is 108 Å². The summed E-state index contributed by atoms with van der Waals surface area (Å²) in [5, 5.41) is 15.2. The molecule has 1 aromatic carbocycles. The molecule has 9 nitrogen and oxygen atoms in total. The van der Waals surface area contributed by atoms with Gasteiger partial charge >= 0.3 is 0 Å². The summed E-state index contributed by atoms with van der Waals surface area (Å²) in [6, 6.07) is 3.64. The summed E-state index contributed by atoms with van der Waals surface area (Å²) < 4.78 is 14.9. The molecule has 0 saturated carbocycles. The van der Waals surface area contributed by atoms with Crippen molar-refractivity contribution in [2.75, 3.05) is 20.8 Å². The summed E-state index contributed by atoms with van der Waals surface area (Å²) in [6.07, 6.45) is -0.0771. The number of ether oxygens (including phenoxy) is 2. The highest BCUT2D eigenvalue weighted by atomic mass is 32.1. The van der Waals surface area contributed by atoms with Crippen molar-refractivity contribution in [3.8, 4) is 11.5 Å². The van der Waals surface area contributed by atoms with Gasteiger partial charge in [0.05, 0.1) is 27.0 Å². The number of aliphatic hydroxyl groups is 1. The second-order valence-corrected chi connectivity index (χ2v) is 7.12. The molecule has 3 rings (SSSR count). The molecule has 0 radical (unpaired) electrons. The fourth-order valence-corrected chi connectivity index (χ4v) is 3.72. The lowest BCUT2D eigenvalue weighted by Crippen LogP contribution is -2.36. The first-order chi connectivity index (χ1) is 13.3. The first-order valence-corrected chi connectivity index (χ1v) is 9.31. The largest absolute Gasteiger partial charge is 0.496 e. The number of aliphatic hydroxyl groups excluding tert-OH is 1. The SMILES string of the molecule is COc1ccc(OC)c2c1CN(Cn1nc(CCC(N)=O)n(C)c1=S)C[C@H]2O. The van der Waals surface area contributed by atoms with Gasteiger partial charge in [0, 0.05) is 44.1 Å². The van der Waals surface area contributed by atoms with E-state index in [1.807, 2.05) is 18.0 Å². The average molecular weight is 407 g/mol. The van der Waals surface area contributed by atoms with Crippen LogP contribution in [0.5, 0.6) is 11.5 Å². The predicted molar refractivity (Wildman–Crippen MR) is 104 cm³/mol. The lowest BCUT2D eigenvalue weighted by Gasteiger charge is -2.33. The molecule has 0 aliphatic carbocycles. The molecule has 1 aromatic heterocycles. The van der Waals surface area contributed by atoms with Crippen LogP contribution in [0.25, 0.3) is 0 Å². The van der Waals surface area contributed by atoms with Crippen LogP contribution in [-0.4, -0.2) is 51.0 Å². The summed E-state index contributed by atoms with van der Waals surface area (Å²) in [6.45, 7) is 1.37. The number of carbonyl (C=O) groups is 1. The van der Waals surface area contributed by atoms with Gasteiger partial charge in [0.15, 0.2) is 4.77 Å². The Morgan fingerprint density at radius 3 is 2.68 bits per heavy atom. The fourth-order valence-electron chi connectivity index (χ4n) is 3.52. The molecule has 1 atom stereocenters. The summed E-state index contributed by atoms with van der Waals surface area (Å²) in [4.78, 5) is 13.1. The second-order valence-electron chi connectivity index (χ2n) is 6.75. The Kier molecular flexibility index (Phi) is 6.01. The van der Waals surface area contributed by atoms with Crippen molar-refractivity contribution in [1.29, 1.82) is 0 Å². The van der Waals surface area contributed by atoms with E-state index in [9.17, 15) is 9.90 Å². The maximum Gasteiger partial charge on any atom is 0.217 e. The maximum atomic E-state index is 11.1. The Bertz CT molecular complexity index is 939. The summed E-state index contributed by atoms with van der Waals surface area (Å²) in [7, 11) is 5.01. The Hall–Kier alpha value is -2.43. The third kappa shape index (κ3) is 3.89. The summed E-state index contributed by atoms with van der Waals surface area (Å²) in [5.74, 6) is 1.66. The van der Waals surface area contributed by atoms with Gasteiger partial charge in [0.25, 0.3) is 0 Å². The first kappa shape index (κ1) is 20.3. The maximum absolute atomic E-state index is 11.1. The van der Waals surface area contributed by atoms with E-state index in [1.54, 1.807) is 29.5 Å². The Labute approximate surface area is 168 Å². The number of aromatic nitrogens is 3. The third-order valence-electron chi connectivity index (χ3n) is 4.92. The number of nitrogens with zero attached hydrogens (tertiary/aromatic N) is 4. The van der Waals surface area contributed by atoms with Crippen LogP contribution in [0.1, 0.15) is 29.5 Å². The minimum Gasteiger partial charge on any atom is -0.496 e. The van der Waals surface area contributed by atoms with E-state index in [1.165, 1.54) is 0 Å². The van der Waals surface area contributed by atoms with Crippen molar-refractivity contribution in [1.82, 2.24) is 19.2 Å². The van der Waals surface area contributed by atoms with Gasteiger partial charge in [-0.1, -0.05) is 0 Å². The minimum atomic E-state index is -0.721. The zero-order valence-corrected chi connectivity index (χ0v) is 17.0. The highest BCUT2D eigenvalue weighted by Gasteiger charge is 2.30. The van der Waals surface area contributed by atoms with Crippen molar-refractivity contribution in [2.45, 2.75) is 32.2 Å². The van der Waals surface area contributed by atoms with Gasteiger partial charge in [-0.2, -0.15) is 5.10 Å². The van der Waals surface area contributed by atoms with Gasteiger partial charge in [-0.15, -0.1) is 0 Å². The molecule has 2 aromatic rings. The zero-order valence-electron chi connectivity index (χ0n) is 16.2. The van der Waals surface area contributed by atoms with E-state index in [-0.39, 0.29) is 12.3 Å². The Balaban J connectivity index is 1.85. The summed E-state index contributed by atoms with van der Waals surface area (Å²) >= 11 is 5.47. The molecule has 28 heavy (non-hydrogen) atoms. The van der Waals surface area contributed by atoms with Gasteiger partial charge in [-0.05, 0) is 24.4 Å². The normalized spacial score (nSPS) is 16.6. The first-order valence-electron chi connectivity index (χ1n) is 8.90. The molecule has 10 heteroatoms. The molecule has 1 aliphatic heterocycles. The number of carbonyl (C=O) groups excluding carboxylic acids is 1. The van der Waals surface area contributed by atoms with E-state index in [2.05, 4.69) is 5.10 Å². The number of benzene rings is 1. The van der Waals surface area contributed by atoms with Gasteiger partial charge in [0.2, 0.25) is 5.91 Å². The number of hydrogen-bond acceptors (Lipinski definition) is 7. The van der Waals surface area contributed by atoms with Gasteiger partial charge in [-0.3, -0.25) is 9.69 Å². The van der Waals surface area contributed by atoms with Crippen LogP contribution in [0.3, 0.4) is 0 Å². The van der Waals surface area contributed by atoms with Gasteiger partial charge in [0.1, 0.15) is 17.3 Å². The number of aryl methyl sites for hydroxylation is 1. The standard InChI is InChI=1S/C18H25N5O4S/c1-21-16(7-6-15(19)25)20-23(18(21)28)10-22-8-11-13(26-2)4-5-14(27-3)17(11)12(24)9-22/h4-5,12,24H,6-10H2,1-3H3,(H2,19,25)/t12-/m1/s1. The molecule has 1 aliphatic rings. The number of amides is 1. The lowest BCUT2D eigenvalue weighted by molar-refractivity contribution is -0.118. The van der Waals surface area contributed by atoms with Crippen LogP contribution < -0.4 is 15.2 Å². The minimum absolute atomic E-state index is 0.215. The molecule has 0 fully saturated rings. The second kappa shape index (κ2) is 8.29. The predicted octanol–water partition coefficient (Wildman–Crippen LogP) is 0.893. The Morgan fingerprint density at radius 1 is 1.36 bits per heavy atom. The molecule has 2 heterocycles. The Morgan fingerprint density at radius 2 is 2.04 bits per heavy atom. The molecular formula is C18H25N5O4S. The highest BCUT2D eigenvalue weighted by Crippen LogP contribution is 2.39. The number of β-amino-alcohol motifs (C(OH)–C–C–N with tert-alkyl or cyclic N) is 1. The van der Waals surface area contributed by atoms with Crippen LogP contribution >= 0.6 is 12.2 Å². The van der Waals surface area contributed by atoms with Crippen LogP contribution in [0, 0.1) is 4.77 Å². The monoisotopic (exact) mass is 407 g/mol. The van der Waals surface area contributed by atoms with Crippen LogP contribution in [0.4, 0.5) is 0 Å². The molecule has 0 saturated heterocycles. The number of rotatable bonds is 7. The van der Waals surface area contributed by atoms with E-state index < -0.39 is 6.10 Å². The number of primary amides is 1. The third-order valence-corrected chi connectivity index (χ3v) is 5.40. The van der Waals surface area contributed by atoms with Crippen LogP contribution in [0.2, 0.25) is 0 Å². The number of hydrogen-bond donors (Lipinski definition) is 2. The molecular weight excluding hydrogens is 382 g/mol. The fraction of sp³-hybridized carbons (Fsp3) is 0.500. The van der Waals surface area contributed by atoms with Crippen molar-refractivity contribution < 1.29 is 19.4 Å². The molecule has 152 valence electrons. The van der Waals surface area contributed by atoms with Crippen molar-refractivity contribution in [3.05, 3.63) is 33.9 Å². The highest BCUT2D eigenvalue weighted by molar-refractivity contribution is 7.71. The molecule has 0 spiro atoms. The van der Waals surface area contributed by atoms with E-state index in [0.717, 1.165) is 11.1 Å². The van der Waals surface area contributed by atoms with Crippen molar-refractivity contribution >= 4 is 18.1 Å². The number of nitrogens with two attached hydrogens (primary N) is 1. The van der Waals surface area contributed by atoms with E-state index in [4.69, 9.17) is 27.4 Å². The van der Waals surface area contributed by atoms with Crippen LogP contribution in [0.15, 0.2) is 12.1 Å². The molecule has 3 N–H and O–H groups in total. The molecule has 1 amide bonds. The summed E-state index contributed by atoms with van der Waals surface area (Å²) in [5.41, 5.74) is 6.87. The van der Waals surface area contributed by atoms with Gasteiger partial charge in [-0.25, -0.2) is 4.68 Å². The van der Waals surface area contributed by atoms with Gasteiger partial charge < -0.3 is 24.9 Å². The molecule has 0 unspecified atom stereocenters. The van der Waals surface area contributed by atoms with E-state index >= 15 is 0 Å². The molecule has 0 bridgehead atoms. The van der Waals surface area contributed by atoms with Crippen LogP contribution in [-0.2, 0) is 31.5 Å². The van der Waals surface area contributed by atoms with Crippen molar-refractivity contribution in [3.63, 3.8) is 0 Å². The number of fused-ring (bicyclic) bond motifs is 1. The van der Waals surface area contributed by atoms with E-state index in [0.29, 0.717) is 48.3 Å².